The van der Waals surface area contributed by atoms with Crippen molar-refractivity contribution in [3.63, 3.8) is 0 Å². The quantitative estimate of drug-likeness (QED) is 0.533. The van der Waals surface area contributed by atoms with Crippen LogP contribution >= 0.6 is 22.6 Å². The van der Waals surface area contributed by atoms with Crippen LogP contribution in [0.15, 0.2) is 42.1 Å². The Hall–Kier alpha value is -1.10. The Morgan fingerprint density at radius 2 is 2.00 bits per heavy atom. The molecule has 0 saturated heterocycles. The van der Waals surface area contributed by atoms with Crippen LogP contribution in [0.1, 0.15) is 5.56 Å². The summed E-state index contributed by atoms with van der Waals surface area (Å²) in [5.74, 6) is 0.155. The third-order valence-corrected chi connectivity index (χ3v) is 3.54. The predicted molar refractivity (Wildman–Crippen MR) is 68.9 cm³/mol. The summed E-state index contributed by atoms with van der Waals surface area (Å²) in [6.07, 6.45) is 6.05. The van der Waals surface area contributed by atoms with Crippen LogP contribution < -0.4 is 4.90 Å². The van der Waals surface area contributed by atoms with Crippen LogP contribution in [0.4, 0.5) is 5.69 Å². The summed E-state index contributed by atoms with van der Waals surface area (Å²) >= 11 is 2.16. The standard InChI is InChI=1S/C12H8INO/c13-10-7-9-6-5-8-3-1-2-4-11(8)14(9)12(10)15/h1-7,10H. The third kappa shape index (κ3) is 1.26. The van der Waals surface area contributed by atoms with Gasteiger partial charge in [-0.15, -0.1) is 0 Å². The lowest BCUT2D eigenvalue weighted by molar-refractivity contribution is -0.116. The van der Waals surface area contributed by atoms with Gasteiger partial charge in [-0.1, -0.05) is 46.9 Å². The molecular weight excluding hydrogens is 301 g/mol. The lowest BCUT2D eigenvalue weighted by Gasteiger charge is -2.24. The molecule has 3 heteroatoms. The van der Waals surface area contributed by atoms with Crippen molar-refractivity contribution in [3.8, 4) is 0 Å². The van der Waals surface area contributed by atoms with Crippen LogP contribution in [-0.4, -0.2) is 9.83 Å². The molecule has 15 heavy (non-hydrogen) atoms. The molecular formula is C12H8INO. The van der Waals surface area contributed by atoms with Crippen molar-refractivity contribution in [2.45, 2.75) is 3.92 Å². The Morgan fingerprint density at radius 3 is 2.87 bits per heavy atom. The number of anilines is 1. The van der Waals surface area contributed by atoms with Crippen molar-refractivity contribution in [2.75, 3.05) is 4.90 Å². The number of hydrogen-bond acceptors (Lipinski definition) is 1. The number of nitrogens with zero attached hydrogens (tertiary/aromatic N) is 1. The lowest BCUT2D eigenvalue weighted by atomic mass is 10.1. The first kappa shape index (κ1) is 9.15. The Balaban J connectivity index is 2.20. The van der Waals surface area contributed by atoms with Gasteiger partial charge >= 0.3 is 0 Å². The number of carbonyl (C=O) groups excluding carboxylic acids is 1. The summed E-state index contributed by atoms with van der Waals surface area (Å²) in [5.41, 5.74) is 3.10. The number of halogens is 1. The highest BCUT2D eigenvalue weighted by Crippen LogP contribution is 2.36. The number of hydrogen-bond donors (Lipinski definition) is 0. The fraction of sp³-hybridized carbons (Fsp3) is 0.0833. The summed E-state index contributed by atoms with van der Waals surface area (Å²) in [4.78, 5) is 13.7. The molecule has 74 valence electrons. The van der Waals surface area contributed by atoms with Gasteiger partial charge in [-0.25, -0.2) is 0 Å². The fourth-order valence-corrected chi connectivity index (χ4v) is 2.59. The molecule has 0 N–H and O–H groups in total. The predicted octanol–water partition coefficient (Wildman–Crippen LogP) is 2.75. The first-order chi connectivity index (χ1) is 7.27. The second-order valence-corrected chi connectivity index (χ2v) is 4.90. The Morgan fingerprint density at radius 1 is 1.20 bits per heavy atom. The topological polar surface area (TPSA) is 20.3 Å². The molecule has 1 unspecified atom stereocenters. The van der Waals surface area contributed by atoms with Gasteiger partial charge in [0.2, 0.25) is 5.91 Å². The molecule has 2 aliphatic rings. The van der Waals surface area contributed by atoms with Crippen LogP contribution in [0.2, 0.25) is 0 Å². The average Bonchev–Trinajstić information content (AvgIpc) is 2.55. The van der Waals surface area contributed by atoms with E-state index in [2.05, 4.69) is 28.7 Å². The van der Waals surface area contributed by atoms with Crippen molar-refractivity contribution < 1.29 is 4.79 Å². The summed E-state index contributed by atoms with van der Waals surface area (Å²) in [7, 11) is 0. The van der Waals surface area contributed by atoms with E-state index >= 15 is 0 Å². The van der Waals surface area contributed by atoms with Crippen molar-refractivity contribution in [3.05, 3.63) is 47.7 Å². The van der Waals surface area contributed by atoms with Crippen LogP contribution in [0.3, 0.4) is 0 Å². The van der Waals surface area contributed by atoms with E-state index in [1.54, 1.807) is 4.90 Å². The summed E-state index contributed by atoms with van der Waals surface area (Å²) in [5, 5.41) is 0. The smallest absolute Gasteiger partial charge is 0.248 e. The Bertz CT molecular complexity index is 504. The minimum atomic E-state index is -0.0339. The molecule has 0 radical (unpaired) electrons. The number of amides is 1. The number of alkyl halides is 1. The highest BCUT2D eigenvalue weighted by molar-refractivity contribution is 14.1. The van der Waals surface area contributed by atoms with Gasteiger partial charge in [-0.3, -0.25) is 9.69 Å². The largest absolute Gasteiger partial charge is 0.280 e. The molecule has 0 spiro atoms. The van der Waals surface area contributed by atoms with Crippen LogP contribution in [0.5, 0.6) is 0 Å². The zero-order valence-corrected chi connectivity index (χ0v) is 10.0. The molecule has 2 aliphatic heterocycles. The van der Waals surface area contributed by atoms with Crippen LogP contribution in [0, 0.1) is 0 Å². The molecule has 0 aromatic heterocycles. The van der Waals surface area contributed by atoms with Gasteiger partial charge in [0.25, 0.3) is 0 Å². The van der Waals surface area contributed by atoms with Crippen molar-refractivity contribution >= 4 is 40.3 Å². The van der Waals surface area contributed by atoms with Crippen molar-refractivity contribution in [2.24, 2.45) is 0 Å². The zero-order chi connectivity index (χ0) is 10.4. The second-order valence-electron chi connectivity index (χ2n) is 3.56. The van der Waals surface area contributed by atoms with E-state index in [0.717, 1.165) is 16.9 Å². The minimum Gasteiger partial charge on any atom is -0.280 e. The van der Waals surface area contributed by atoms with Crippen molar-refractivity contribution in [1.29, 1.82) is 0 Å². The van der Waals surface area contributed by atoms with Crippen LogP contribution in [-0.2, 0) is 4.79 Å². The second kappa shape index (κ2) is 3.20. The Labute approximate surface area is 101 Å². The lowest BCUT2D eigenvalue weighted by Crippen LogP contribution is -2.29. The van der Waals surface area contributed by atoms with Gasteiger partial charge in [0.1, 0.15) is 3.92 Å². The third-order valence-electron chi connectivity index (χ3n) is 2.64. The molecule has 1 amide bonds. The van der Waals surface area contributed by atoms with E-state index in [-0.39, 0.29) is 9.83 Å². The van der Waals surface area contributed by atoms with Gasteiger partial charge in [0, 0.05) is 5.70 Å². The molecule has 1 aromatic rings. The maximum Gasteiger partial charge on any atom is 0.248 e. The maximum absolute atomic E-state index is 11.9. The molecule has 0 aliphatic carbocycles. The van der Waals surface area contributed by atoms with E-state index < -0.39 is 0 Å². The first-order valence-corrected chi connectivity index (χ1v) is 5.99. The van der Waals surface area contributed by atoms with Gasteiger partial charge in [0.15, 0.2) is 0 Å². The van der Waals surface area contributed by atoms with E-state index in [0.29, 0.717) is 0 Å². The average molecular weight is 309 g/mol. The zero-order valence-electron chi connectivity index (χ0n) is 7.85. The number of para-hydroxylation sites is 1. The van der Waals surface area contributed by atoms with E-state index in [4.69, 9.17) is 0 Å². The molecule has 2 heterocycles. The number of allylic oxidation sites excluding steroid dienone is 1. The molecule has 3 rings (SSSR count). The number of carbonyl (C=O) groups is 1. The van der Waals surface area contributed by atoms with Crippen molar-refractivity contribution in [1.82, 2.24) is 0 Å². The Kier molecular flexibility index (Phi) is 1.95. The maximum atomic E-state index is 11.9. The summed E-state index contributed by atoms with van der Waals surface area (Å²) < 4.78 is -0.0339. The highest BCUT2D eigenvalue weighted by atomic mass is 127. The monoisotopic (exact) mass is 309 g/mol. The first-order valence-electron chi connectivity index (χ1n) is 4.74. The highest BCUT2D eigenvalue weighted by Gasteiger charge is 2.33. The summed E-state index contributed by atoms with van der Waals surface area (Å²) in [6.45, 7) is 0. The summed E-state index contributed by atoms with van der Waals surface area (Å²) in [6, 6.07) is 7.96. The normalized spacial score (nSPS) is 22.5. The molecule has 1 atom stereocenters. The minimum absolute atomic E-state index is 0.0339. The number of fused-ring (bicyclic) bond motifs is 3. The molecule has 0 bridgehead atoms. The van der Waals surface area contributed by atoms with Gasteiger partial charge in [0.05, 0.1) is 5.69 Å². The van der Waals surface area contributed by atoms with E-state index in [1.807, 2.05) is 36.4 Å². The van der Waals surface area contributed by atoms with E-state index in [9.17, 15) is 4.79 Å². The van der Waals surface area contributed by atoms with Crippen LogP contribution in [0.25, 0.3) is 6.08 Å². The fourth-order valence-electron chi connectivity index (χ4n) is 1.94. The molecule has 0 saturated carbocycles. The number of rotatable bonds is 0. The number of benzene rings is 1. The molecule has 0 fully saturated rings. The van der Waals surface area contributed by atoms with E-state index in [1.165, 1.54) is 0 Å². The SMILES string of the molecule is O=C1C(I)C=C2C=Cc3ccccc3N12. The van der Waals surface area contributed by atoms with Gasteiger partial charge in [-0.05, 0) is 23.8 Å². The van der Waals surface area contributed by atoms with Gasteiger partial charge in [-0.2, -0.15) is 0 Å². The molecule has 2 nitrogen and oxygen atoms in total. The van der Waals surface area contributed by atoms with Gasteiger partial charge < -0.3 is 0 Å². The molecule has 1 aromatic carbocycles.